The van der Waals surface area contributed by atoms with E-state index in [2.05, 4.69) is 23.9 Å². The van der Waals surface area contributed by atoms with Gasteiger partial charge in [-0.3, -0.25) is 9.52 Å². The topological polar surface area (TPSA) is 84.5 Å². The molecule has 0 radical (unpaired) electrons. The van der Waals surface area contributed by atoms with Gasteiger partial charge in [-0.25, -0.2) is 12.8 Å². The molecule has 0 saturated carbocycles. The van der Waals surface area contributed by atoms with Gasteiger partial charge >= 0.3 is 0 Å². The monoisotopic (exact) mass is 454 g/mol. The first kappa shape index (κ1) is 21.8. The van der Waals surface area contributed by atoms with Crippen LogP contribution in [0.4, 0.5) is 15.8 Å². The van der Waals surface area contributed by atoms with E-state index in [1.807, 2.05) is 24.3 Å². The van der Waals surface area contributed by atoms with Crippen molar-refractivity contribution in [2.24, 2.45) is 0 Å². The summed E-state index contributed by atoms with van der Waals surface area (Å²) in [5, 5.41) is 3.46. The lowest BCUT2D eigenvalue weighted by atomic mass is 9.74. The second-order valence-electron chi connectivity index (χ2n) is 8.33. The van der Waals surface area contributed by atoms with Gasteiger partial charge in [0.05, 0.1) is 11.7 Å². The Morgan fingerprint density at radius 1 is 1.09 bits per heavy atom. The number of fused-ring (bicyclic) bond motifs is 1. The zero-order valence-corrected chi connectivity index (χ0v) is 18.4. The number of ether oxygens (including phenoxy) is 1. The van der Waals surface area contributed by atoms with Gasteiger partial charge in [0.25, 0.3) is 16.5 Å². The summed E-state index contributed by atoms with van der Waals surface area (Å²) in [5.41, 5.74) is 2.71. The lowest BCUT2D eigenvalue weighted by Crippen LogP contribution is -2.31. The average Bonchev–Trinajstić information content (AvgIpc) is 2.74. The van der Waals surface area contributed by atoms with Crippen LogP contribution in [0.3, 0.4) is 0 Å². The van der Waals surface area contributed by atoms with Crippen LogP contribution < -0.4 is 14.8 Å². The van der Waals surface area contributed by atoms with Gasteiger partial charge in [-0.2, -0.15) is 0 Å². The summed E-state index contributed by atoms with van der Waals surface area (Å²) in [4.78, 5) is 10.3. The summed E-state index contributed by atoms with van der Waals surface area (Å²) < 4.78 is 47.4. The van der Waals surface area contributed by atoms with Crippen molar-refractivity contribution in [1.82, 2.24) is 0 Å². The number of carbonyl (C=O) groups excluding carboxylic acids is 1. The molecule has 1 aliphatic rings. The smallest absolute Gasteiger partial charge is 0.298 e. The molecule has 0 fully saturated rings. The van der Waals surface area contributed by atoms with Gasteiger partial charge in [0.15, 0.2) is 0 Å². The molecule has 1 atom stereocenters. The van der Waals surface area contributed by atoms with Crippen LogP contribution in [0.5, 0.6) is 5.75 Å². The molecule has 1 unspecified atom stereocenters. The maximum Gasteiger partial charge on any atom is 0.298 e. The Kier molecular flexibility index (Phi) is 5.64. The van der Waals surface area contributed by atoms with Gasteiger partial charge in [0, 0.05) is 5.69 Å². The quantitative estimate of drug-likeness (QED) is 0.512. The molecule has 32 heavy (non-hydrogen) atoms. The summed E-state index contributed by atoms with van der Waals surface area (Å²) in [5.74, 6) is -0.346. The van der Waals surface area contributed by atoms with Crippen molar-refractivity contribution in [1.29, 1.82) is 0 Å². The second kappa shape index (κ2) is 8.27. The van der Waals surface area contributed by atoms with Crippen LogP contribution in [0, 0.1) is 5.82 Å². The van der Waals surface area contributed by atoms with E-state index in [0.29, 0.717) is 24.3 Å². The molecule has 1 aliphatic heterocycles. The van der Waals surface area contributed by atoms with Crippen molar-refractivity contribution in [3.05, 3.63) is 83.7 Å². The van der Waals surface area contributed by atoms with Crippen molar-refractivity contribution >= 4 is 27.9 Å². The molecular weight excluding hydrogens is 431 g/mol. The second-order valence-corrected chi connectivity index (χ2v) is 9.98. The Balaban J connectivity index is 1.69. The lowest BCUT2D eigenvalue weighted by Gasteiger charge is -2.39. The molecule has 0 spiro atoms. The fourth-order valence-corrected chi connectivity index (χ4v) is 5.31. The molecule has 0 saturated heterocycles. The molecule has 0 aliphatic carbocycles. The molecule has 2 N–H and O–H groups in total. The average molecular weight is 455 g/mol. The molecular formula is C24H23FN2O4S. The van der Waals surface area contributed by atoms with Crippen molar-refractivity contribution in [3.63, 3.8) is 0 Å². The van der Waals surface area contributed by atoms with Gasteiger partial charge in [0.2, 0.25) is 0 Å². The summed E-state index contributed by atoms with van der Waals surface area (Å²) in [6.07, 6.45) is 0.656. The number of rotatable bonds is 6. The summed E-state index contributed by atoms with van der Waals surface area (Å²) in [6, 6.07) is 17.5. The minimum Gasteiger partial charge on any atom is -0.429 e. The summed E-state index contributed by atoms with van der Waals surface area (Å²) in [7, 11) is -4.11. The maximum absolute atomic E-state index is 14.1. The minimum absolute atomic E-state index is 0.199. The number of carbonyl (C=O) groups is 1. The Labute approximate surface area is 186 Å². The maximum atomic E-state index is 14.1. The Bertz CT molecular complexity index is 1270. The van der Waals surface area contributed by atoms with Gasteiger partial charge < -0.3 is 10.1 Å². The van der Waals surface area contributed by atoms with E-state index in [9.17, 15) is 17.6 Å². The zero-order valence-electron chi connectivity index (χ0n) is 17.6. The third-order valence-corrected chi connectivity index (χ3v) is 7.05. The van der Waals surface area contributed by atoms with Crippen molar-refractivity contribution in [3.8, 4) is 5.75 Å². The number of halogens is 1. The highest BCUT2D eigenvalue weighted by Gasteiger charge is 2.35. The van der Waals surface area contributed by atoms with E-state index in [-0.39, 0.29) is 11.5 Å². The molecule has 3 aromatic rings. The van der Waals surface area contributed by atoms with Crippen LogP contribution in [-0.4, -0.2) is 14.9 Å². The molecule has 6 nitrogen and oxygen atoms in total. The third kappa shape index (κ3) is 4.18. The molecule has 8 heteroatoms. The van der Waals surface area contributed by atoms with Crippen molar-refractivity contribution < 1.29 is 22.3 Å². The summed E-state index contributed by atoms with van der Waals surface area (Å²) >= 11 is 0. The normalized spacial score (nSPS) is 17.0. The van der Waals surface area contributed by atoms with E-state index in [0.717, 1.165) is 22.9 Å². The van der Waals surface area contributed by atoms with Gasteiger partial charge in [0.1, 0.15) is 16.5 Å². The molecule has 166 valence electrons. The van der Waals surface area contributed by atoms with Crippen LogP contribution in [0.1, 0.15) is 37.4 Å². The number of hydrogen-bond acceptors (Lipinski definition) is 5. The van der Waals surface area contributed by atoms with E-state index in [1.54, 1.807) is 18.2 Å². The Hall–Kier alpha value is -3.39. The zero-order chi connectivity index (χ0) is 22.9. The molecule has 3 aromatic carbocycles. The first-order valence-electron chi connectivity index (χ1n) is 10.1. The lowest BCUT2D eigenvalue weighted by molar-refractivity contribution is -0.120. The van der Waals surface area contributed by atoms with Gasteiger partial charge in [-0.15, -0.1) is 0 Å². The third-order valence-electron chi connectivity index (χ3n) is 5.66. The predicted octanol–water partition coefficient (Wildman–Crippen LogP) is 5.00. The van der Waals surface area contributed by atoms with Crippen LogP contribution in [0.15, 0.2) is 71.6 Å². The predicted molar refractivity (Wildman–Crippen MR) is 121 cm³/mol. The molecule has 0 bridgehead atoms. The first-order chi connectivity index (χ1) is 15.2. The standard InChI is InChI=1S/C24H23FN2O4S/c1-24(2)14-22(26-21-12-11-16(31-15-28)13-18(21)24)17-7-3-5-9-20(17)27-32(29,30)23-10-6-4-8-19(23)25/h3-13,15,22,26-27H,14H2,1-2H3. The number of anilines is 2. The fourth-order valence-electron chi connectivity index (χ4n) is 4.14. The highest BCUT2D eigenvalue weighted by Crippen LogP contribution is 2.46. The minimum atomic E-state index is -4.11. The van der Waals surface area contributed by atoms with Gasteiger partial charge in [-0.1, -0.05) is 44.2 Å². The van der Waals surface area contributed by atoms with Crippen LogP contribution in [-0.2, 0) is 20.2 Å². The highest BCUT2D eigenvalue weighted by molar-refractivity contribution is 7.92. The molecule has 0 amide bonds. The Morgan fingerprint density at radius 3 is 2.56 bits per heavy atom. The number of benzene rings is 3. The largest absolute Gasteiger partial charge is 0.429 e. The number of sulfonamides is 1. The van der Waals surface area contributed by atoms with Crippen molar-refractivity contribution in [2.75, 3.05) is 10.0 Å². The molecule has 0 aromatic heterocycles. The van der Waals surface area contributed by atoms with Crippen molar-refractivity contribution in [2.45, 2.75) is 36.6 Å². The summed E-state index contributed by atoms with van der Waals surface area (Å²) in [6.45, 7) is 4.55. The van der Waals surface area contributed by atoms with E-state index in [1.165, 1.54) is 18.2 Å². The first-order valence-corrected chi connectivity index (χ1v) is 11.6. The number of para-hydroxylation sites is 1. The van der Waals surface area contributed by atoms with Crippen LogP contribution >= 0.6 is 0 Å². The number of nitrogens with one attached hydrogen (secondary N) is 2. The van der Waals surface area contributed by atoms with E-state index in [4.69, 9.17) is 4.74 Å². The van der Waals surface area contributed by atoms with Gasteiger partial charge in [-0.05, 0) is 59.4 Å². The van der Waals surface area contributed by atoms with Crippen LogP contribution in [0.2, 0.25) is 0 Å². The number of hydrogen-bond donors (Lipinski definition) is 2. The molecule has 1 heterocycles. The SMILES string of the molecule is CC1(C)CC(c2ccccc2NS(=O)(=O)c2ccccc2F)Nc2ccc(OC=O)cc21. The van der Waals surface area contributed by atoms with E-state index < -0.39 is 20.7 Å². The Morgan fingerprint density at radius 2 is 1.81 bits per heavy atom. The fraction of sp³-hybridized carbons (Fsp3) is 0.208. The highest BCUT2D eigenvalue weighted by atomic mass is 32.2. The van der Waals surface area contributed by atoms with Crippen LogP contribution in [0.25, 0.3) is 0 Å². The van der Waals surface area contributed by atoms with E-state index >= 15 is 0 Å². The molecule has 4 rings (SSSR count).